The van der Waals surface area contributed by atoms with Crippen LogP contribution in [0, 0.1) is 6.92 Å². The number of aromatic nitrogens is 3. The third kappa shape index (κ3) is 4.81. The smallest absolute Gasteiger partial charge is 0.233 e. The summed E-state index contributed by atoms with van der Waals surface area (Å²) in [5.41, 5.74) is 0.966. The number of rotatable bonds is 6. The molecule has 1 saturated heterocycles. The first-order chi connectivity index (χ1) is 13.4. The van der Waals surface area contributed by atoms with E-state index in [1.54, 1.807) is 0 Å². The summed E-state index contributed by atoms with van der Waals surface area (Å²) in [6.07, 6.45) is 3.35. The largest absolute Gasteiger partial charge is 0.486 e. The summed E-state index contributed by atoms with van der Waals surface area (Å²) in [6.45, 7) is 6.51. The van der Waals surface area contributed by atoms with Crippen molar-refractivity contribution < 1.29 is 9.53 Å². The molecule has 1 amide bonds. The van der Waals surface area contributed by atoms with Crippen LogP contribution in [0.4, 0.5) is 0 Å². The van der Waals surface area contributed by atoms with Gasteiger partial charge >= 0.3 is 0 Å². The molecule has 0 N–H and O–H groups in total. The summed E-state index contributed by atoms with van der Waals surface area (Å²) in [4.78, 5) is 14.7. The van der Waals surface area contributed by atoms with Crippen LogP contribution in [0.15, 0.2) is 23.4 Å². The number of nitrogens with zero attached hydrogens (tertiary/aromatic N) is 4. The summed E-state index contributed by atoms with van der Waals surface area (Å²) in [6, 6.07) is 6.17. The molecular formula is C20H27ClN4O2S. The van der Waals surface area contributed by atoms with Gasteiger partial charge in [-0.3, -0.25) is 4.79 Å². The lowest BCUT2D eigenvalue weighted by Crippen LogP contribution is -2.48. The Morgan fingerprint density at radius 2 is 2.00 bits per heavy atom. The van der Waals surface area contributed by atoms with Crippen LogP contribution in [-0.4, -0.2) is 43.4 Å². The van der Waals surface area contributed by atoms with Crippen molar-refractivity contribution in [3.8, 4) is 5.75 Å². The lowest BCUT2D eigenvalue weighted by atomic mass is 9.98. The number of hydrogen-bond acceptors (Lipinski definition) is 5. The maximum Gasteiger partial charge on any atom is 0.233 e. The van der Waals surface area contributed by atoms with Crippen molar-refractivity contribution in [2.75, 3.05) is 5.75 Å². The van der Waals surface area contributed by atoms with E-state index in [4.69, 9.17) is 16.3 Å². The van der Waals surface area contributed by atoms with E-state index in [9.17, 15) is 4.79 Å². The van der Waals surface area contributed by atoms with Crippen LogP contribution >= 0.6 is 23.4 Å². The maximum absolute atomic E-state index is 12.7. The molecule has 1 aliphatic heterocycles. The minimum Gasteiger partial charge on any atom is -0.486 e. The highest BCUT2D eigenvalue weighted by Gasteiger charge is 2.29. The molecule has 2 aromatic rings. The number of carbonyl (C=O) groups excluding carboxylic acids is 1. The number of halogens is 1. The monoisotopic (exact) mass is 422 g/mol. The normalized spacial score (nSPS) is 19.7. The second-order valence-corrected chi connectivity index (χ2v) is 8.73. The van der Waals surface area contributed by atoms with E-state index >= 15 is 0 Å². The standard InChI is InChI=1S/C20H27ClN4O2S/c1-13-10-16(8-9-17(13)21)27-11-18-22-23-20(24(18)4)28-12-19(26)25-14(2)6-5-7-15(25)3/h8-10,14-15H,5-7,11-12H2,1-4H3/t14-,15-/m1/s1. The van der Waals surface area contributed by atoms with Crippen LogP contribution in [0.2, 0.25) is 5.02 Å². The molecule has 152 valence electrons. The van der Waals surface area contributed by atoms with Crippen molar-refractivity contribution in [3.63, 3.8) is 0 Å². The number of benzene rings is 1. The van der Waals surface area contributed by atoms with Gasteiger partial charge in [0, 0.05) is 24.2 Å². The Morgan fingerprint density at radius 3 is 2.68 bits per heavy atom. The van der Waals surface area contributed by atoms with E-state index in [1.165, 1.54) is 18.2 Å². The van der Waals surface area contributed by atoms with E-state index in [1.807, 2.05) is 41.6 Å². The molecule has 6 nitrogen and oxygen atoms in total. The van der Waals surface area contributed by atoms with Gasteiger partial charge in [0.25, 0.3) is 0 Å². The molecule has 0 saturated carbocycles. The van der Waals surface area contributed by atoms with Gasteiger partial charge in [-0.2, -0.15) is 0 Å². The highest BCUT2D eigenvalue weighted by molar-refractivity contribution is 7.99. The zero-order chi connectivity index (χ0) is 20.3. The Morgan fingerprint density at radius 1 is 1.29 bits per heavy atom. The highest BCUT2D eigenvalue weighted by Crippen LogP contribution is 2.25. The molecule has 28 heavy (non-hydrogen) atoms. The van der Waals surface area contributed by atoms with E-state index in [-0.39, 0.29) is 5.91 Å². The van der Waals surface area contributed by atoms with E-state index in [0.717, 1.165) is 29.3 Å². The van der Waals surface area contributed by atoms with Crippen LogP contribution in [-0.2, 0) is 18.4 Å². The molecule has 0 spiro atoms. The Balaban J connectivity index is 1.57. The molecule has 1 aromatic heterocycles. The van der Waals surface area contributed by atoms with E-state index < -0.39 is 0 Å². The van der Waals surface area contributed by atoms with Crippen molar-refractivity contribution >= 4 is 29.3 Å². The van der Waals surface area contributed by atoms with Gasteiger partial charge < -0.3 is 14.2 Å². The summed E-state index contributed by atoms with van der Waals surface area (Å²) >= 11 is 7.47. The highest BCUT2D eigenvalue weighted by atomic mass is 35.5. The summed E-state index contributed by atoms with van der Waals surface area (Å²) < 4.78 is 7.68. The Kier molecular flexibility index (Phi) is 6.88. The van der Waals surface area contributed by atoms with E-state index in [0.29, 0.717) is 35.3 Å². The number of likely N-dealkylation sites (tertiary alicyclic amines) is 1. The number of aryl methyl sites for hydroxylation is 1. The average Bonchev–Trinajstić information content (AvgIpc) is 3.00. The van der Waals surface area contributed by atoms with E-state index in [2.05, 4.69) is 24.0 Å². The topological polar surface area (TPSA) is 60.3 Å². The van der Waals surface area contributed by atoms with Crippen LogP contribution in [0.3, 0.4) is 0 Å². The summed E-state index contributed by atoms with van der Waals surface area (Å²) in [5, 5.41) is 9.86. The molecule has 1 fully saturated rings. The Hall–Kier alpha value is -1.73. The average molecular weight is 423 g/mol. The Bertz CT molecular complexity index is 832. The quantitative estimate of drug-likeness (QED) is 0.651. The SMILES string of the molecule is Cc1cc(OCc2nnc(SCC(=O)N3[C@H](C)CCC[C@H]3C)n2C)ccc1Cl. The zero-order valence-corrected chi connectivity index (χ0v) is 18.4. The first-order valence-electron chi connectivity index (χ1n) is 9.58. The molecule has 1 aliphatic rings. The first-order valence-corrected chi connectivity index (χ1v) is 10.9. The minimum atomic E-state index is 0.169. The van der Waals surface area contributed by atoms with Gasteiger partial charge in [0.2, 0.25) is 5.91 Å². The Labute approximate surface area is 175 Å². The first kappa shape index (κ1) is 21.0. The number of thioether (sulfide) groups is 1. The fraction of sp³-hybridized carbons (Fsp3) is 0.550. The van der Waals surface area contributed by atoms with Crippen molar-refractivity contribution in [2.45, 2.75) is 63.9 Å². The van der Waals surface area contributed by atoms with Crippen LogP contribution in [0.1, 0.15) is 44.5 Å². The summed E-state index contributed by atoms with van der Waals surface area (Å²) in [5.74, 6) is 1.99. The predicted octanol–water partition coefficient (Wildman–Crippen LogP) is 4.24. The molecule has 1 aromatic carbocycles. The van der Waals surface area contributed by atoms with Crippen LogP contribution < -0.4 is 4.74 Å². The van der Waals surface area contributed by atoms with Gasteiger partial charge in [0.1, 0.15) is 12.4 Å². The second kappa shape index (κ2) is 9.18. The number of amides is 1. The molecule has 0 bridgehead atoms. The number of carbonyl (C=O) groups is 1. The fourth-order valence-electron chi connectivity index (χ4n) is 3.57. The molecule has 2 atom stereocenters. The van der Waals surface area contributed by atoms with Crippen molar-refractivity contribution in [1.82, 2.24) is 19.7 Å². The van der Waals surface area contributed by atoms with Gasteiger partial charge in [-0.05, 0) is 63.8 Å². The number of hydrogen-bond donors (Lipinski definition) is 0. The van der Waals surface area contributed by atoms with Gasteiger partial charge in [-0.25, -0.2) is 0 Å². The predicted molar refractivity (Wildman–Crippen MR) is 112 cm³/mol. The van der Waals surface area contributed by atoms with Crippen LogP contribution in [0.25, 0.3) is 0 Å². The van der Waals surface area contributed by atoms with Crippen molar-refractivity contribution in [2.24, 2.45) is 7.05 Å². The molecule has 0 radical (unpaired) electrons. The van der Waals surface area contributed by atoms with Gasteiger partial charge in [-0.1, -0.05) is 23.4 Å². The fourth-order valence-corrected chi connectivity index (χ4v) is 4.48. The summed E-state index contributed by atoms with van der Waals surface area (Å²) in [7, 11) is 1.89. The van der Waals surface area contributed by atoms with Gasteiger partial charge in [0.05, 0.1) is 5.75 Å². The lowest BCUT2D eigenvalue weighted by Gasteiger charge is -2.39. The molecule has 3 rings (SSSR count). The lowest BCUT2D eigenvalue weighted by molar-refractivity contribution is -0.134. The van der Waals surface area contributed by atoms with Crippen LogP contribution in [0.5, 0.6) is 5.75 Å². The maximum atomic E-state index is 12.7. The molecule has 8 heteroatoms. The molecule has 0 unspecified atom stereocenters. The van der Waals surface area contributed by atoms with Gasteiger partial charge in [-0.15, -0.1) is 10.2 Å². The second-order valence-electron chi connectivity index (χ2n) is 7.38. The molecular weight excluding hydrogens is 396 g/mol. The number of piperidine rings is 1. The number of ether oxygens (including phenoxy) is 1. The minimum absolute atomic E-state index is 0.169. The van der Waals surface area contributed by atoms with Crippen molar-refractivity contribution in [3.05, 3.63) is 34.6 Å². The zero-order valence-electron chi connectivity index (χ0n) is 16.8. The van der Waals surface area contributed by atoms with Crippen molar-refractivity contribution in [1.29, 1.82) is 0 Å². The third-order valence-corrected chi connectivity index (χ3v) is 6.66. The molecule has 2 heterocycles. The third-order valence-electron chi connectivity index (χ3n) is 5.23. The molecule has 0 aliphatic carbocycles. The van der Waals surface area contributed by atoms with Gasteiger partial charge in [0.15, 0.2) is 11.0 Å².